The van der Waals surface area contributed by atoms with Crippen LogP contribution in [0.1, 0.15) is 47.2 Å². The van der Waals surface area contributed by atoms with Crippen LogP contribution in [0, 0.1) is 0 Å². The summed E-state index contributed by atoms with van der Waals surface area (Å²) in [6.45, 7) is 2.00. The van der Waals surface area contributed by atoms with E-state index in [0.29, 0.717) is 12.8 Å². The van der Waals surface area contributed by atoms with Gasteiger partial charge in [0.15, 0.2) is 0 Å². The molecule has 180 valence electrons. The Morgan fingerprint density at radius 2 is 1.60 bits per heavy atom. The normalized spacial score (nSPS) is 12.9. The van der Waals surface area contributed by atoms with Gasteiger partial charge in [0.2, 0.25) is 5.91 Å². The van der Waals surface area contributed by atoms with Crippen molar-refractivity contribution in [2.45, 2.75) is 31.7 Å². The highest BCUT2D eigenvalue weighted by Crippen LogP contribution is 2.44. The zero-order chi connectivity index (χ0) is 24.9. The number of anilines is 1. The number of nitrogens with one attached hydrogen (secondary N) is 2. The molecule has 0 aromatic heterocycles. The van der Waals surface area contributed by atoms with Crippen LogP contribution in [0.5, 0.6) is 0 Å². The van der Waals surface area contributed by atoms with Gasteiger partial charge in [-0.15, -0.1) is 0 Å². The van der Waals surface area contributed by atoms with Crippen LogP contribution in [0.15, 0.2) is 66.7 Å². The molecule has 0 fully saturated rings. The van der Waals surface area contributed by atoms with E-state index in [4.69, 9.17) is 16.3 Å². The summed E-state index contributed by atoms with van der Waals surface area (Å²) in [5.41, 5.74) is 4.27. The van der Waals surface area contributed by atoms with Crippen LogP contribution in [0.2, 0.25) is 5.02 Å². The zero-order valence-electron chi connectivity index (χ0n) is 19.1. The van der Waals surface area contributed by atoms with Crippen molar-refractivity contribution in [3.63, 3.8) is 0 Å². The second kappa shape index (κ2) is 10.6. The molecule has 35 heavy (non-hydrogen) atoms. The molecular weight excluding hydrogens is 468 g/mol. The van der Waals surface area contributed by atoms with Crippen LogP contribution < -0.4 is 10.6 Å². The maximum absolute atomic E-state index is 12.9. The molecular formula is C27H25ClN2O5. The number of carbonyl (C=O) groups excluding carboxylic acids is 2. The van der Waals surface area contributed by atoms with E-state index >= 15 is 0 Å². The Balaban J connectivity index is 1.43. The summed E-state index contributed by atoms with van der Waals surface area (Å²) in [6.07, 6.45) is 0.243. The molecule has 2 amide bonds. The fraction of sp³-hybridized carbons (Fsp3) is 0.222. The first-order valence-electron chi connectivity index (χ1n) is 11.3. The Labute approximate surface area is 208 Å². The van der Waals surface area contributed by atoms with Crippen LogP contribution >= 0.6 is 11.6 Å². The number of ether oxygens (including phenoxy) is 1. The van der Waals surface area contributed by atoms with Crippen molar-refractivity contribution in [3.8, 4) is 11.1 Å². The van der Waals surface area contributed by atoms with Crippen molar-refractivity contribution in [2.75, 3.05) is 11.9 Å². The van der Waals surface area contributed by atoms with E-state index in [2.05, 4.69) is 22.8 Å². The summed E-state index contributed by atoms with van der Waals surface area (Å²) in [6, 6.07) is 19.6. The van der Waals surface area contributed by atoms with Gasteiger partial charge >= 0.3 is 12.1 Å². The lowest BCUT2D eigenvalue weighted by Gasteiger charge is -2.20. The van der Waals surface area contributed by atoms with E-state index in [1.807, 2.05) is 43.3 Å². The molecule has 1 aliphatic carbocycles. The molecule has 0 saturated heterocycles. The van der Waals surface area contributed by atoms with Gasteiger partial charge in [-0.05, 0) is 40.8 Å². The van der Waals surface area contributed by atoms with Gasteiger partial charge in [0.25, 0.3) is 0 Å². The fourth-order valence-electron chi connectivity index (χ4n) is 4.41. The highest BCUT2D eigenvalue weighted by molar-refractivity contribution is 6.34. The number of hydrogen-bond donors (Lipinski definition) is 3. The molecule has 1 atom stereocenters. The van der Waals surface area contributed by atoms with Gasteiger partial charge < -0.3 is 20.5 Å². The van der Waals surface area contributed by atoms with Crippen molar-refractivity contribution >= 4 is 35.3 Å². The maximum Gasteiger partial charge on any atom is 0.407 e. The zero-order valence-corrected chi connectivity index (χ0v) is 19.8. The van der Waals surface area contributed by atoms with Gasteiger partial charge in [0.1, 0.15) is 18.2 Å². The van der Waals surface area contributed by atoms with Crippen molar-refractivity contribution < 1.29 is 24.2 Å². The van der Waals surface area contributed by atoms with Crippen LogP contribution in [0.3, 0.4) is 0 Å². The molecule has 3 aromatic carbocycles. The topological polar surface area (TPSA) is 105 Å². The van der Waals surface area contributed by atoms with E-state index in [0.717, 1.165) is 22.3 Å². The molecule has 0 bridgehead atoms. The van der Waals surface area contributed by atoms with Crippen LogP contribution in [0.4, 0.5) is 10.5 Å². The minimum absolute atomic E-state index is 0.00633. The Morgan fingerprint density at radius 1 is 0.971 bits per heavy atom. The third-order valence-electron chi connectivity index (χ3n) is 6.01. The number of alkyl carbamates (subject to hydrolysis) is 1. The molecule has 0 saturated carbocycles. The fourth-order valence-corrected chi connectivity index (χ4v) is 4.66. The molecule has 4 rings (SSSR count). The SMILES string of the molecule is CCC[C@H](NC(=O)OCC1c2ccccc2-c2ccccc21)C(=O)Nc1cccc(Cl)c1C(=O)O. The lowest BCUT2D eigenvalue weighted by molar-refractivity contribution is -0.118. The smallest absolute Gasteiger partial charge is 0.407 e. The third-order valence-corrected chi connectivity index (χ3v) is 6.33. The molecule has 7 nitrogen and oxygen atoms in total. The number of carboxylic acids is 1. The number of rotatable bonds is 8. The Hall–Kier alpha value is -3.84. The summed E-state index contributed by atoms with van der Waals surface area (Å²) < 4.78 is 5.55. The second-order valence-corrected chi connectivity index (χ2v) is 8.68. The van der Waals surface area contributed by atoms with Gasteiger partial charge in [0.05, 0.1) is 10.7 Å². The minimum atomic E-state index is -1.26. The van der Waals surface area contributed by atoms with Crippen molar-refractivity contribution in [3.05, 3.63) is 88.4 Å². The number of benzene rings is 3. The van der Waals surface area contributed by atoms with E-state index in [1.165, 1.54) is 18.2 Å². The molecule has 3 N–H and O–H groups in total. The molecule has 8 heteroatoms. The van der Waals surface area contributed by atoms with Crippen molar-refractivity contribution in [2.24, 2.45) is 0 Å². The first kappa shape index (κ1) is 24.3. The van der Waals surface area contributed by atoms with Gasteiger partial charge in [-0.2, -0.15) is 0 Å². The van der Waals surface area contributed by atoms with Crippen LogP contribution in [-0.2, 0) is 9.53 Å². The number of fused-ring (bicyclic) bond motifs is 3. The van der Waals surface area contributed by atoms with E-state index in [9.17, 15) is 19.5 Å². The monoisotopic (exact) mass is 492 g/mol. The average Bonchev–Trinajstić information content (AvgIpc) is 3.16. The van der Waals surface area contributed by atoms with Gasteiger partial charge in [0, 0.05) is 5.92 Å². The van der Waals surface area contributed by atoms with Gasteiger partial charge in [-0.25, -0.2) is 9.59 Å². The number of aromatic carboxylic acids is 1. The summed E-state index contributed by atoms with van der Waals surface area (Å²) in [7, 11) is 0. The van der Waals surface area contributed by atoms with Crippen LogP contribution in [0.25, 0.3) is 11.1 Å². The van der Waals surface area contributed by atoms with E-state index in [1.54, 1.807) is 0 Å². The second-order valence-electron chi connectivity index (χ2n) is 8.27. The first-order valence-corrected chi connectivity index (χ1v) is 11.7. The summed E-state index contributed by atoms with van der Waals surface area (Å²) in [5.74, 6) is -1.91. The minimum Gasteiger partial charge on any atom is -0.478 e. The van der Waals surface area contributed by atoms with E-state index < -0.39 is 24.0 Å². The number of carboxylic acid groups (broad SMARTS) is 1. The molecule has 3 aromatic rings. The lowest BCUT2D eigenvalue weighted by atomic mass is 9.98. The molecule has 0 unspecified atom stereocenters. The third kappa shape index (κ3) is 5.15. The highest BCUT2D eigenvalue weighted by Gasteiger charge is 2.30. The summed E-state index contributed by atoms with van der Waals surface area (Å²) in [4.78, 5) is 37.1. The number of halogens is 1. The highest BCUT2D eigenvalue weighted by atomic mass is 35.5. The van der Waals surface area contributed by atoms with Crippen molar-refractivity contribution in [1.82, 2.24) is 5.32 Å². The molecule has 0 radical (unpaired) electrons. The largest absolute Gasteiger partial charge is 0.478 e. The lowest BCUT2D eigenvalue weighted by Crippen LogP contribution is -2.44. The maximum atomic E-state index is 12.9. The quantitative estimate of drug-likeness (QED) is 0.375. The van der Waals surface area contributed by atoms with Gasteiger partial charge in [-0.1, -0.05) is 79.5 Å². The van der Waals surface area contributed by atoms with E-state index in [-0.39, 0.29) is 28.8 Å². The number of amides is 2. The summed E-state index contributed by atoms with van der Waals surface area (Å²) in [5, 5.41) is 14.6. The Kier molecular flexibility index (Phi) is 7.36. The molecule has 0 spiro atoms. The van der Waals surface area contributed by atoms with Crippen molar-refractivity contribution in [1.29, 1.82) is 0 Å². The first-order chi connectivity index (χ1) is 16.9. The molecule has 1 aliphatic rings. The predicted octanol–water partition coefficient (Wildman–Crippen LogP) is 5.68. The summed E-state index contributed by atoms with van der Waals surface area (Å²) >= 11 is 5.99. The molecule has 0 aliphatic heterocycles. The van der Waals surface area contributed by atoms with Crippen LogP contribution in [-0.4, -0.2) is 35.7 Å². The number of hydrogen-bond acceptors (Lipinski definition) is 4. The Morgan fingerprint density at radius 3 is 2.20 bits per heavy atom. The van der Waals surface area contributed by atoms with Gasteiger partial charge in [-0.3, -0.25) is 4.79 Å². The molecule has 0 heterocycles. The number of carbonyl (C=O) groups is 3. The standard InChI is InChI=1S/C27H25ClN2O5/c1-2-8-23(25(31)29-22-14-7-13-21(28)24(22)26(32)33)30-27(34)35-15-20-18-11-5-3-9-16(18)17-10-4-6-12-19(17)20/h3-7,9-14,20,23H,2,8,15H2,1H3,(H,29,31)(H,30,34)(H,32,33)/t23-/m0/s1. The Bertz CT molecular complexity index is 1230. The predicted molar refractivity (Wildman–Crippen MR) is 134 cm³/mol. The average molecular weight is 493 g/mol.